The summed E-state index contributed by atoms with van der Waals surface area (Å²) in [6, 6.07) is 14.5. The summed E-state index contributed by atoms with van der Waals surface area (Å²) in [5.41, 5.74) is 4.43. The Balaban J connectivity index is 1.70. The van der Waals surface area contributed by atoms with Gasteiger partial charge in [0.1, 0.15) is 12.6 Å². The molecule has 0 saturated carbocycles. The number of nitrogens with one attached hydrogen (secondary N) is 2. The molecule has 0 aromatic heterocycles. The normalized spacial score (nSPS) is 11.9. The summed E-state index contributed by atoms with van der Waals surface area (Å²) in [5.74, 6) is 0.465. The van der Waals surface area contributed by atoms with Crippen LogP contribution in [0, 0.1) is 9.49 Å². The predicted molar refractivity (Wildman–Crippen MR) is 169 cm³/mol. The van der Waals surface area contributed by atoms with Crippen LogP contribution < -0.4 is 20.2 Å². The fourth-order valence-corrected chi connectivity index (χ4v) is 5.02. The SMILES string of the molecule is CCOc1cc(/C=N/NC(=O)C(CC(C)C)NC(=O)c2ccc(Cl)cc2)cc(I)c1OCc1ccc(Cl)cc1Cl. The topological polar surface area (TPSA) is 89.0 Å². The van der Waals surface area contributed by atoms with Crippen molar-refractivity contribution >= 4 is 75.4 Å². The molecular weight excluding hydrogens is 688 g/mol. The number of hydrogen-bond acceptors (Lipinski definition) is 5. The van der Waals surface area contributed by atoms with Gasteiger partial charge >= 0.3 is 0 Å². The first-order valence-corrected chi connectivity index (χ1v) is 14.7. The third kappa shape index (κ3) is 9.54. The molecule has 3 rings (SSSR count). The summed E-state index contributed by atoms with van der Waals surface area (Å²) >= 11 is 20.3. The number of rotatable bonds is 12. The summed E-state index contributed by atoms with van der Waals surface area (Å²) in [4.78, 5) is 25.6. The van der Waals surface area contributed by atoms with Gasteiger partial charge in [0.25, 0.3) is 11.8 Å². The van der Waals surface area contributed by atoms with Crippen molar-refractivity contribution in [3.63, 3.8) is 0 Å². The average Bonchev–Trinajstić information content (AvgIpc) is 2.89. The highest BCUT2D eigenvalue weighted by Gasteiger charge is 2.22. The van der Waals surface area contributed by atoms with Crippen LogP contribution in [0.1, 0.15) is 48.7 Å². The average molecular weight is 717 g/mol. The minimum absolute atomic E-state index is 0.163. The first kappa shape index (κ1) is 32.0. The predicted octanol–water partition coefficient (Wildman–Crippen LogP) is 7.52. The van der Waals surface area contributed by atoms with Crippen LogP contribution in [-0.2, 0) is 11.4 Å². The molecule has 0 fully saturated rings. The van der Waals surface area contributed by atoms with E-state index >= 15 is 0 Å². The molecular formula is C29H29Cl3IN3O4. The van der Waals surface area contributed by atoms with Crippen LogP contribution in [0.15, 0.2) is 59.7 Å². The zero-order chi connectivity index (χ0) is 29.2. The van der Waals surface area contributed by atoms with Crippen molar-refractivity contribution < 1.29 is 19.1 Å². The van der Waals surface area contributed by atoms with Crippen molar-refractivity contribution in [1.82, 2.24) is 10.7 Å². The van der Waals surface area contributed by atoms with E-state index < -0.39 is 11.9 Å². The molecule has 0 spiro atoms. The number of amides is 2. The molecule has 0 heterocycles. The Morgan fingerprint density at radius 1 is 1.00 bits per heavy atom. The van der Waals surface area contributed by atoms with E-state index in [0.717, 1.165) is 9.13 Å². The Morgan fingerprint density at radius 2 is 1.70 bits per heavy atom. The number of hydrogen-bond donors (Lipinski definition) is 2. The molecule has 2 N–H and O–H groups in total. The van der Waals surface area contributed by atoms with Crippen molar-refractivity contribution in [3.05, 3.63) is 89.9 Å². The zero-order valence-corrected chi connectivity index (χ0v) is 26.6. The largest absolute Gasteiger partial charge is 0.490 e. The number of halogens is 4. The molecule has 0 aliphatic rings. The van der Waals surface area contributed by atoms with Gasteiger partial charge < -0.3 is 14.8 Å². The molecule has 0 radical (unpaired) electrons. The summed E-state index contributed by atoms with van der Waals surface area (Å²) in [6.45, 7) is 6.48. The van der Waals surface area contributed by atoms with E-state index in [1.807, 2.05) is 32.9 Å². The Morgan fingerprint density at radius 3 is 2.35 bits per heavy atom. The lowest BCUT2D eigenvalue weighted by molar-refractivity contribution is -0.123. The van der Waals surface area contributed by atoms with Crippen molar-refractivity contribution in [2.24, 2.45) is 11.0 Å². The van der Waals surface area contributed by atoms with Crippen LogP contribution in [-0.4, -0.2) is 30.7 Å². The number of carbonyl (C=O) groups is 2. The van der Waals surface area contributed by atoms with Crippen molar-refractivity contribution in [2.45, 2.75) is 39.8 Å². The Labute approximate surface area is 262 Å². The minimum Gasteiger partial charge on any atom is -0.490 e. The molecule has 1 unspecified atom stereocenters. The standard InChI is InChI=1S/C29H29Cl3IN3O4/c1-4-39-26-13-18(12-24(33)27(26)40-16-20-7-10-22(31)14-23(20)32)15-34-36-29(38)25(11-17(2)3)35-28(37)19-5-8-21(30)9-6-19/h5-10,12-15,17,25H,4,11,16H2,1-3H3,(H,35,37)(H,36,38)/b34-15+. The molecule has 2 amide bonds. The second kappa shape index (κ2) is 15.5. The second-order valence-electron chi connectivity index (χ2n) is 9.18. The van der Waals surface area contributed by atoms with Crippen LogP contribution in [0.25, 0.3) is 0 Å². The molecule has 0 bridgehead atoms. The van der Waals surface area contributed by atoms with Gasteiger partial charge in [-0.25, -0.2) is 5.43 Å². The van der Waals surface area contributed by atoms with E-state index in [4.69, 9.17) is 44.3 Å². The summed E-state index contributed by atoms with van der Waals surface area (Å²) in [6.07, 6.45) is 1.95. The number of benzene rings is 3. The lowest BCUT2D eigenvalue weighted by atomic mass is 10.0. The lowest BCUT2D eigenvalue weighted by Crippen LogP contribution is -2.46. The monoisotopic (exact) mass is 715 g/mol. The van der Waals surface area contributed by atoms with Gasteiger partial charge in [-0.15, -0.1) is 0 Å². The Bertz CT molecular complexity index is 1370. The summed E-state index contributed by atoms with van der Waals surface area (Å²) in [7, 11) is 0. The Hall–Kier alpha value is -2.53. The molecule has 212 valence electrons. The van der Waals surface area contributed by atoms with E-state index in [9.17, 15) is 9.59 Å². The number of ether oxygens (including phenoxy) is 2. The first-order chi connectivity index (χ1) is 19.1. The second-order valence-corrected chi connectivity index (χ2v) is 11.6. The number of nitrogens with zero attached hydrogens (tertiary/aromatic N) is 1. The molecule has 3 aromatic rings. The third-order valence-electron chi connectivity index (χ3n) is 5.54. The van der Waals surface area contributed by atoms with Crippen molar-refractivity contribution in [1.29, 1.82) is 0 Å². The number of carbonyl (C=O) groups excluding carboxylic acids is 2. The van der Waals surface area contributed by atoms with Gasteiger partial charge in [0.15, 0.2) is 11.5 Å². The molecule has 7 nitrogen and oxygen atoms in total. The maximum Gasteiger partial charge on any atom is 0.262 e. The van der Waals surface area contributed by atoms with Crippen LogP contribution in [0.5, 0.6) is 11.5 Å². The van der Waals surface area contributed by atoms with E-state index in [-0.39, 0.29) is 18.4 Å². The quantitative estimate of drug-likeness (QED) is 0.115. The van der Waals surface area contributed by atoms with E-state index in [1.165, 1.54) is 6.21 Å². The Kier molecular flexibility index (Phi) is 12.4. The van der Waals surface area contributed by atoms with Gasteiger partial charge in [-0.05, 0) is 95.9 Å². The van der Waals surface area contributed by atoms with Gasteiger partial charge in [0.05, 0.1) is 16.4 Å². The fourth-order valence-electron chi connectivity index (χ4n) is 3.65. The van der Waals surface area contributed by atoms with Gasteiger partial charge in [-0.1, -0.05) is 54.7 Å². The first-order valence-electron chi connectivity index (χ1n) is 12.5. The highest BCUT2D eigenvalue weighted by Crippen LogP contribution is 2.35. The van der Waals surface area contributed by atoms with E-state index in [2.05, 4.69) is 38.4 Å². The lowest BCUT2D eigenvalue weighted by Gasteiger charge is -2.19. The molecule has 3 aromatic carbocycles. The van der Waals surface area contributed by atoms with Gasteiger partial charge in [-0.2, -0.15) is 5.10 Å². The maximum absolute atomic E-state index is 12.9. The molecule has 0 aliphatic heterocycles. The third-order valence-corrected chi connectivity index (χ3v) is 7.18. The van der Waals surface area contributed by atoms with E-state index in [0.29, 0.717) is 50.7 Å². The van der Waals surface area contributed by atoms with Gasteiger partial charge in [-0.3, -0.25) is 9.59 Å². The van der Waals surface area contributed by atoms with Crippen LogP contribution >= 0.6 is 57.4 Å². The fraction of sp³-hybridized carbons (Fsp3) is 0.276. The minimum atomic E-state index is -0.769. The molecule has 1 atom stereocenters. The molecule has 0 aliphatic carbocycles. The van der Waals surface area contributed by atoms with Gasteiger partial charge in [0, 0.05) is 26.2 Å². The van der Waals surface area contributed by atoms with Crippen LogP contribution in [0.2, 0.25) is 15.1 Å². The highest BCUT2D eigenvalue weighted by atomic mass is 127. The number of hydrazone groups is 1. The maximum atomic E-state index is 12.9. The summed E-state index contributed by atoms with van der Waals surface area (Å²) < 4.78 is 12.6. The van der Waals surface area contributed by atoms with E-state index in [1.54, 1.807) is 42.5 Å². The molecule has 40 heavy (non-hydrogen) atoms. The van der Waals surface area contributed by atoms with Crippen molar-refractivity contribution in [3.8, 4) is 11.5 Å². The zero-order valence-electron chi connectivity index (χ0n) is 22.1. The molecule has 0 saturated heterocycles. The molecule has 11 heteroatoms. The van der Waals surface area contributed by atoms with Crippen LogP contribution in [0.4, 0.5) is 0 Å². The smallest absolute Gasteiger partial charge is 0.262 e. The van der Waals surface area contributed by atoms with Gasteiger partial charge in [0.2, 0.25) is 0 Å². The highest BCUT2D eigenvalue weighted by molar-refractivity contribution is 14.1. The van der Waals surface area contributed by atoms with Crippen molar-refractivity contribution in [2.75, 3.05) is 6.61 Å². The summed E-state index contributed by atoms with van der Waals surface area (Å²) in [5, 5.41) is 8.50. The van der Waals surface area contributed by atoms with Crippen LogP contribution in [0.3, 0.4) is 0 Å².